The molecule has 396 valence electrons. The molecule has 0 radical (unpaired) electrons. The minimum Gasteiger partial charge on any atom is -0.456 e. The van der Waals surface area contributed by atoms with E-state index in [2.05, 4.69) is 74.7 Å². The molecule has 0 aromatic carbocycles. The highest BCUT2D eigenvalue weighted by Crippen LogP contribution is 2.43. The molecule has 3 unspecified atom stereocenters. The number of phosphoric acid groups is 1. The van der Waals surface area contributed by atoms with E-state index in [4.69, 9.17) is 13.8 Å². The number of allylic oxidation sites excluding steroid dienone is 9. The maximum atomic E-state index is 13.5. The van der Waals surface area contributed by atoms with Crippen LogP contribution in [-0.2, 0) is 27.9 Å². The summed E-state index contributed by atoms with van der Waals surface area (Å²) in [4.78, 5) is 37.5. The van der Waals surface area contributed by atoms with Gasteiger partial charge < -0.3 is 19.4 Å². The van der Waals surface area contributed by atoms with Crippen molar-refractivity contribution in [2.75, 3.05) is 40.9 Å². The second-order valence-electron chi connectivity index (χ2n) is 20.1. The molecule has 0 fully saturated rings. The zero-order chi connectivity index (χ0) is 50.1. The summed E-state index contributed by atoms with van der Waals surface area (Å²) < 4.78 is 30.5. The molecule has 3 atom stereocenters. The van der Waals surface area contributed by atoms with Crippen LogP contribution in [0, 0.1) is 0 Å². The fourth-order valence-electron chi connectivity index (χ4n) is 7.87. The maximum absolute atomic E-state index is 13.5. The first-order valence-corrected chi connectivity index (χ1v) is 29.6. The SMILES string of the molecule is CC/C=C/C/C=C/C/C=C/C/C=C/CCCCCC(=O)NC(COP(=O)(O)OCC[N+](C)(C)C)C(/C=C/CCCCCCCCCCC)OC(=O)CCCCCCCCCCCCCCCCC. The predicted molar refractivity (Wildman–Crippen MR) is 291 cm³/mol. The van der Waals surface area contributed by atoms with E-state index in [-0.39, 0.29) is 31.5 Å². The van der Waals surface area contributed by atoms with Crippen LogP contribution in [-0.4, -0.2) is 74.3 Å². The van der Waals surface area contributed by atoms with Crippen molar-refractivity contribution >= 4 is 19.7 Å². The normalized spacial score (nSPS) is 14.3. The molecule has 1 amide bonds. The Morgan fingerprint density at radius 2 is 0.941 bits per heavy atom. The van der Waals surface area contributed by atoms with Gasteiger partial charge >= 0.3 is 13.8 Å². The van der Waals surface area contributed by atoms with Crippen molar-refractivity contribution in [3.05, 3.63) is 60.8 Å². The second-order valence-corrected chi connectivity index (χ2v) is 21.5. The van der Waals surface area contributed by atoms with E-state index in [1.165, 1.54) is 122 Å². The smallest absolute Gasteiger partial charge is 0.456 e. The molecule has 0 aromatic heterocycles. The lowest BCUT2D eigenvalue weighted by Crippen LogP contribution is -2.47. The van der Waals surface area contributed by atoms with E-state index < -0.39 is 20.0 Å². The van der Waals surface area contributed by atoms with E-state index in [0.717, 1.165) is 83.5 Å². The number of amides is 1. The van der Waals surface area contributed by atoms with Crippen LogP contribution in [0.1, 0.15) is 245 Å². The molecular formula is C58H108N2O7P+. The molecule has 0 saturated heterocycles. The summed E-state index contributed by atoms with van der Waals surface area (Å²) in [5.41, 5.74) is 0. The Bertz CT molecular complexity index is 1350. The summed E-state index contributed by atoms with van der Waals surface area (Å²) in [5.74, 6) is -0.539. The van der Waals surface area contributed by atoms with Crippen LogP contribution in [0.2, 0.25) is 0 Å². The van der Waals surface area contributed by atoms with E-state index in [9.17, 15) is 19.0 Å². The second kappa shape index (κ2) is 48.3. The van der Waals surface area contributed by atoms with Crippen LogP contribution < -0.4 is 5.32 Å². The van der Waals surface area contributed by atoms with Gasteiger partial charge in [-0.05, 0) is 70.3 Å². The number of unbranched alkanes of at least 4 members (excludes halogenated alkanes) is 26. The van der Waals surface area contributed by atoms with Crippen LogP contribution in [0.15, 0.2) is 60.8 Å². The van der Waals surface area contributed by atoms with Gasteiger partial charge in [-0.3, -0.25) is 18.6 Å². The van der Waals surface area contributed by atoms with E-state index in [1.807, 2.05) is 33.3 Å². The number of rotatable bonds is 50. The Morgan fingerprint density at radius 1 is 0.529 bits per heavy atom. The van der Waals surface area contributed by atoms with Crippen molar-refractivity contribution < 1.29 is 37.3 Å². The topological polar surface area (TPSA) is 111 Å². The zero-order valence-corrected chi connectivity index (χ0v) is 46.0. The number of hydrogen-bond acceptors (Lipinski definition) is 6. The number of nitrogens with one attached hydrogen (secondary N) is 1. The Hall–Kier alpha value is -2.29. The fourth-order valence-corrected chi connectivity index (χ4v) is 8.61. The standard InChI is InChI=1S/C58H107N2O7P/c1-7-10-13-16-19-22-25-27-29-31-32-35-38-41-44-47-50-57(61)59-55(54-66-68(63,64)65-53-52-60(4,5)6)56(49-46-43-40-37-34-24-21-18-15-12-9-3)67-58(62)51-48-45-42-39-36-33-30-28-26-23-20-17-14-11-8-2/h10,13,19,22,27,29,32,35,46,49,55-56H,7-9,11-12,14-18,20-21,23-26,28,30-31,33-34,36-45,47-48,50-54H2,1-6H3,(H-,59,61,63,64)/p+1/b13-10+,22-19+,29-27+,35-32+,49-46+. The third kappa shape index (κ3) is 48.7. The lowest BCUT2D eigenvalue weighted by atomic mass is 10.0. The summed E-state index contributed by atoms with van der Waals surface area (Å²) >= 11 is 0. The average Bonchev–Trinajstić information content (AvgIpc) is 3.29. The molecule has 0 bridgehead atoms. The zero-order valence-electron chi connectivity index (χ0n) is 45.1. The Kier molecular flexibility index (Phi) is 46.7. The Balaban J connectivity index is 5.38. The first-order chi connectivity index (χ1) is 32.9. The molecule has 0 rings (SSSR count). The number of carbonyl (C=O) groups excluding carboxylic acids is 2. The minimum atomic E-state index is -4.45. The number of phosphoric ester groups is 1. The molecule has 9 nitrogen and oxygen atoms in total. The average molecular weight is 976 g/mol. The molecule has 10 heteroatoms. The van der Waals surface area contributed by atoms with Crippen molar-refractivity contribution in [2.24, 2.45) is 0 Å². The van der Waals surface area contributed by atoms with E-state index in [0.29, 0.717) is 23.9 Å². The minimum absolute atomic E-state index is 0.0333. The highest BCUT2D eigenvalue weighted by molar-refractivity contribution is 7.47. The number of likely N-dealkylation sites (N-methyl/N-ethyl adjacent to an activating group) is 1. The van der Waals surface area contributed by atoms with Crippen LogP contribution >= 0.6 is 7.82 Å². The predicted octanol–water partition coefficient (Wildman–Crippen LogP) is 16.7. The van der Waals surface area contributed by atoms with Gasteiger partial charge in [-0.25, -0.2) is 4.57 Å². The van der Waals surface area contributed by atoms with Crippen molar-refractivity contribution in [2.45, 2.75) is 258 Å². The molecule has 0 aliphatic rings. The van der Waals surface area contributed by atoms with Crippen LogP contribution in [0.5, 0.6) is 0 Å². The summed E-state index contributed by atoms with van der Waals surface area (Å²) in [5, 5.41) is 3.03. The molecular weight excluding hydrogens is 868 g/mol. The lowest BCUT2D eigenvalue weighted by Gasteiger charge is -2.27. The van der Waals surface area contributed by atoms with E-state index >= 15 is 0 Å². The highest BCUT2D eigenvalue weighted by Gasteiger charge is 2.30. The van der Waals surface area contributed by atoms with Crippen molar-refractivity contribution in [1.29, 1.82) is 0 Å². The third-order valence-electron chi connectivity index (χ3n) is 12.2. The molecule has 0 aromatic rings. The first-order valence-electron chi connectivity index (χ1n) is 28.1. The Morgan fingerprint density at radius 3 is 1.43 bits per heavy atom. The Labute approximate surface area is 420 Å². The summed E-state index contributed by atoms with van der Waals surface area (Å²) in [6.45, 7) is 6.87. The van der Waals surface area contributed by atoms with Crippen molar-refractivity contribution in [3.8, 4) is 0 Å². The number of hydrogen-bond donors (Lipinski definition) is 2. The van der Waals surface area contributed by atoms with Crippen LogP contribution in [0.3, 0.4) is 0 Å². The van der Waals surface area contributed by atoms with Gasteiger partial charge in [0.1, 0.15) is 19.3 Å². The van der Waals surface area contributed by atoms with Gasteiger partial charge in [0.25, 0.3) is 0 Å². The number of ether oxygens (including phenoxy) is 1. The quantitative estimate of drug-likeness (QED) is 0.0205. The van der Waals surface area contributed by atoms with Gasteiger partial charge in [-0.2, -0.15) is 0 Å². The van der Waals surface area contributed by atoms with Crippen LogP contribution in [0.4, 0.5) is 0 Å². The van der Waals surface area contributed by atoms with Gasteiger partial charge in [-0.15, -0.1) is 0 Å². The van der Waals surface area contributed by atoms with Gasteiger partial charge in [0, 0.05) is 12.8 Å². The molecule has 2 N–H and O–H groups in total. The lowest BCUT2D eigenvalue weighted by molar-refractivity contribution is -0.870. The molecule has 68 heavy (non-hydrogen) atoms. The number of nitrogens with zero attached hydrogens (tertiary/aromatic N) is 1. The fraction of sp³-hybridized carbons (Fsp3) is 0.793. The number of esters is 1. The highest BCUT2D eigenvalue weighted by atomic mass is 31.2. The number of carbonyl (C=O) groups is 2. The van der Waals surface area contributed by atoms with Gasteiger partial charge in [0.2, 0.25) is 5.91 Å². The summed E-state index contributed by atoms with van der Waals surface area (Å²) in [6.07, 6.45) is 59.3. The van der Waals surface area contributed by atoms with Crippen molar-refractivity contribution in [3.63, 3.8) is 0 Å². The van der Waals surface area contributed by atoms with Crippen molar-refractivity contribution in [1.82, 2.24) is 5.32 Å². The van der Waals surface area contributed by atoms with Crippen LogP contribution in [0.25, 0.3) is 0 Å². The molecule has 0 spiro atoms. The first kappa shape index (κ1) is 65.7. The molecule has 0 aliphatic heterocycles. The third-order valence-corrected chi connectivity index (χ3v) is 13.2. The summed E-state index contributed by atoms with van der Waals surface area (Å²) in [7, 11) is 1.47. The molecule has 0 heterocycles. The van der Waals surface area contributed by atoms with E-state index in [1.54, 1.807) is 0 Å². The maximum Gasteiger partial charge on any atom is 0.472 e. The molecule has 0 aliphatic carbocycles. The monoisotopic (exact) mass is 976 g/mol. The van der Waals surface area contributed by atoms with Gasteiger partial charge in [0.05, 0.1) is 33.8 Å². The summed E-state index contributed by atoms with van der Waals surface area (Å²) in [6, 6.07) is -0.862. The largest absolute Gasteiger partial charge is 0.472 e. The van der Waals surface area contributed by atoms with Gasteiger partial charge in [-0.1, -0.05) is 223 Å². The number of quaternary nitrogens is 1. The molecule has 0 saturated carbocycles. The van der Waals surface area contributed by atoms with Gasteiger partial charge in [0.15, 0.2) is 0 Å².